The van der Waals surface area contributed by atoms with Gasteiger partial charge in [0.1, 0.15) is 11.5 Å². The molecular formula is C19H26N2O3S. The van der Waals surface area contributed by atoms with E-state index in [0.29, 0.717) is 24.4 Å². The van der Waals surface area contributed by atoms with Gasteiger partial charge in [0.2, 0.25) is 0 Å². The van der Waals surface area contributed by atoms with Gasteiger partial charge in [-0.3, -0.25) is 9.69 Å². The van der Waals surface area contributed by atoms with Gasteiger partial charge >= 0.3 is 0 Å². The maximum Gasteiger partial charge on any atom is 0.254 e. The third kappa shape index (κ3) is 4.32. The predicted molar refractivity (Wildman–Crippen MR) is 99.0 cm³/mol. The second-order valence-electron chi connectivity index (χ2n) is 6.91. The third-order valence-corrected chi connectivity index (χ3v) is 5.96. The molecule has 0 aromatic carbocycles. The number of piperidine rings is 1. The summed E-state index contributed by atoms with van der Waals surface area (Å²) in [6, 6.07) is 3.89. The van der Waals surface area contributed by atoms with Crippen molar-refractivity contribution in [1.82, 2.24) is 10.2 Å². The van der Waals surface area contributed by atoms with E-state index in [9.17, 15) is 9.90 Å². The van der Waals surface area contributed by atoms with Gasteiger partial charge in [-0.2, -0.15) is 0 Å². The minimum absolute atomic E-state index is 0.0953. The molecule has 5 nitrogen and oxygen atoms in total. The maximum atomic E-state index is 12.3. The number of thiophene rings is 1. The second-order valence-corrected chi connectivity index (χ2v) is 7.92. The Morgan fingerprint density at radius 3 is 2.84 bits per heavy atom. The maximum absolute atomic E-state index is 12.3. The van der Waals surface area contributed by atoms with Crippen molar-refractivity contribution in [2.45, 2.75) is 39.8 Å². The van der Waals surface area contributed by atoms with E-state index in [1.54, 1.807) is 24.3 Å². The van der Waals surface area contributed by atoms with Crippen LogP contribution in [0.25, 0.3) is 0 Å². The molecule has 1 fully saturated rings. The number of hydrogen-bond acceptors (Lipinski definition) is 5. The molecule has 1 aliphatic heterocycles. The van der Waals surface area contributed by atoms with Gasteiger partial charge in [0.05, 0.1) is 11.7 Å². The number of carbonyl (C=O) groups excluding carboxylic acids is 1. The van der Waals surface area contributed by atoms with Crippen LogP contribution in [-0.4, -0.2) is 41.7 Å². The van der Waals surface area contributed by atoms with Crippen LogP contribution in [0.2, 0.25) is 0 Å². The zero-order valence-corrected chi connectivity index (χ0v) is 15.9. The molecule has 136 valence electrons. The van der Waals surface area contributed by atoms with Gasteiger partial charge in [0, 0.05) is 30.4 Å². The fraction of sp³-hybridized carbons (Fsp3) is 0.526. The van der Waals surface area contributed by atoms with E-state index in [1.807, 2.05) is 6.92 Å². The van der Waals surface area contributed by atoms with E-state index < -0.39 is 6.10 Å². The number of nitrogens with one attached hydrogen (secondary N) is 1. The summed E-state index contributed by atoms with van der Waals surface area (Å²) in [4.78, 5) is 15.9. The van der Waals surface area contributed by atoms with Crippen LogP contribution in [-0.2, 0) is 6.54 Å². The van der Waals surface area contributed by atoms with Crippen LogP contribution in [0.15, 0.2) is 21.9 Å². The van der Waals surface area contributed by atoms with E-state index in [4.69, 9.17) is 4.42 Å². The molecule has 0 aliphatic carbocycles. The van der Waals surface area contributed by atoms with Gasteiger partial charge in [-0.05, 0) is 56.8 Å². The molecule has 0 bridgehead atoms. The van der Waals surface area contributed by atoms with Gasteiger partial charge in [-0.1, -0.05) is 0 Å². The first-order chi connectivity index (χ1) is 11.9. The molecule has 25 heavy (non-hydrogen) atoms. The second kappa shape index (κ2) is 7.72. The lowest BCUT2D eigenvalue weighted by atomic mass is 9.93. The molecule has 1 aliphatic rings. The number of aliphatic hydroxyl groups is 1. The summed E-state index contributed by atoms with van der Waals surface area (Å²) in [6.07, 6.45) is 0.469. The largest absolute Gasteiger partial charge is 0.466 e. The average Bonchev–Trinajstić information content (AvgIpc) is 3.11. The van der Waals surface area contributed by atoms with Crippen molar-refractivity contribution in [2.75, 3.05) is 19.6 Å². The van der Waals surface area contributed by atoms with E-state index in [2.05, 4.69) is 28.6 Å². The van der Waals surface area contributed by atoms with Gasteiger partial charge < -0.3 is 14.8 Å². The van der Waals surface area contributed by atoms with Crippen LogP contribution in [0.3, 0.4) is 0 Å². The summed E-state index contributed by atoms with van der Waals surface area (Å²) in [6.45, 7) is 8.74. The topological polar surface area (TPSA) is 65.7 Å². The molecule has 0 radical (unpaired) electrons. The molecule has 3 rings (SSSR count). The molecule has 2 atom stereocenters. The van der Waals surface area contributed by atoms with Crippen LogP contribution in [0, 0.1) is 26.7 Å². The summed E-state index contributed by atoms with van der Waals surface area (Å²) in [5, 5.41) is 15.5. The average molecular weight is 362 g/mol. The highest BCUT2D eigenvalue weighted by Crippen LogP contribution is 2.23. The molecule has 2 aromatic rings. The third-order valence-electron chi connectivity index (χ3n) is 4.95. The number of rotatable bonds is 5. The highest BCUT2D eigenvalue weighted by atomic mass is 32.1. The zero-order valence-electron chi connectivity index (χ0n) is 15.0. The lowest BCUT2D eigenvalue weighted by Crippen LogP contribution is -2.47. The van der Waals surface area contributed by atoms with Gasteiger partial charge in [0.25, 0.3) is 5.91 Å². The van der Waals surface area contributed by atoms with Crippen molar-refractivity contribution in [3.63, 3.8) is 0 Å². The van der Waals surface area contributed by atoms with Crippen molar-refractivity contribution >= 4 is 17.2 Å². The Labute approximate surface area is 152 Å². The lowest BCUT2D eigenvalue weighted by Gasteiger charge is -2.35. The van der Waals surface area contributed by atoms with Crippen LogP contribution in [0.4, 0.5) is 0 Å². The Balaban J connectivity index is 1.49. The minimum Gasteiger partial charge on any atom is -0.466 e. The van der Waals surface area contributed by atoms with Crippen molar-refractivity contribution < 1.29 is 14.3 Å². The molecule has 1 saturated heterocycles. The number of likely N-dealkylation sites (tertiary alicyclic amines) is 1. The quantitative estimate of drug-likeness (QED) is 0.858. The number of aryl methyl sites for hydroxylation is 3. The van der Waals surface area contributed by atoms with Crippen LogP contribution >= 0.6 is 11.3 Å². The number of β-amino-alcohol motifs (C(OH)–C–C–N with tert-alkyl or cyclic N) is 1. The molecule has 6 heteroatoms. The van der Waals surface area contributed by atoms with E-state index in [0.717, 1.165) is 25.3 Å². The Morgan fingerprint density at radius 1 is 1.44 bits per heavy atom. The summed E-state index contributed by atoms with van der Waals surface area (Å²) in [7, 11) is 0. The zero-order chi connectivity index (χ0) is 18.0. The van der Waals surface area contributed by atoms with Gasteiger partial charge in [0.15, 0.2) is 0 Å². The number of nitrogens with zero attached hydrogens (tertiary/aromatic N) is 1. The minimum atomic E-state index is -0.415. The monoisotopic (exact) mass is 362 g/mol. The summed E-state index contributed by atoms with van der Waals surface area (Å²) < 4.78 is 5.41. The van der Waals surface area contributed by atoms with E-state index in [-0.39, 0.29) is 11.8 Å². The first-order valence-electron chi connectivity index (χ1n) is 8.72. The van der Waals surface area contributed by atoms with Crippen LogP contribution in [0.1, 0.15) is 38.7 Å². The number of furan rings is 1. The number of hydrogen-bond donors (Lipinski definition) is 2. The van der Waals surface area contributed by atoms with Gasteiger partial charge in [-0.15, -0.1) is 11.3 Å². The van der Waals surface area contributed by atoms with Crippen LogP contribution in [0.5, 0.6) is 0 Å². The molecule has 2 N–H and O–H groups in total. The highest BCUT2D eigenvalue weighted by Gasteiger charge is 2.28. The molecule has 2 aromatic heterocycles. The molecule has 0 saturated carbocycles. The molecule has 0 unspecified atom stereocenters. The van der Waals surface area contributed by atoms with Gasteiger partial charge in [-0.25, -0.2) is 0 Å². The fourth-order valence-electron chi connectivity index (χ4n) is 3.37. The Kier molecular flexibility index (Phi) is 5.61. The summed E-state index contributed by atoms with van der Waals surface area (Å²) >= 11 is 1.77. The van der Waals surface area contributed by atoms with Crippen LogP contribution < -0.4 is 5.32 Å². The summed E-state index contributed by atoms with van der Waals surface area (Å²) in [5.41, 5.74) is 1.90. The fourth-order valence-corrected chi connectivity index (χ4v) is 4.32. The molecule has 3 heterocycles. The van der Waals surface area contributed by atoms with Crippen molar-refractivity contribution in [2.24, 2.45) is 5.92 Å². The first-order valence-corrected chi connectivity index (χ1v) is 9.60. The smallest absolute Gasteiger partial charge is 0.254 e. The Bertz CT molecular complexity index is 737. The van der Waals surface area contributed by atoms with Crippen molar-refractivity contribution in [3.8, 4) is 0 Å². The van der Waals surface area contributed by atoms with Crippen molar-refractivity contribution in [3.05, 3.63) is 45.0 Å². The standard InChI is InChI=1S/C19H26N2O3S/c1-12-5-7-25-18(12)11-21-6-4-15(17(22)10-21)9-20-19(23)16-8-13(2)24-14(16)3/h5,7-8,15,17,22H,4,6,9-11H2,1-3H3,(H,20,23)/t15-,17+/m0/s1. The van der Waals surface area contributed by atoms with E-state index in [1.165, 1.54) is 10.4 Å². The summed E-state index contributed by atoms with van der Waals surface area (Å²) in [5.74, 6) is 1.34. The number of aliphatic hydroxyl groups excluding tert-OH is 1. The Hall–Kier alpha value is -1.63. The highest BCUT2D eigenvalue weighted by molar-refractivity contribution is 7.10. The number of carbonyl (C=O) groups is 1. The SMILES string of the molecule is Cc1cc(C(=O)NC[C@@H]2CCN(Cc3sccc3C)C[C@H]2O)c(C)o1. The molecule has 0 spiro atoms. The first kappa shape index (κ1) is 18.2. The normalized spacial score (nSPS) is 21.4. The van der Waals surface area contributed by atoms with Crippen molar-refractivity contribution in [1.29, 1.82) is 0 Å². The molecule has 1 amide bonds. The number of amides is 1. The molecular weight excluding hydrogens is 336 g/mol. The predicted octanol–water partition coefficient (Wildman–Crippen LogP) is 2.88. The lowest BCUT2D eigenvalue weighted by molar-refractivity contribution is 0.0193. The Morgan fingerprint density at radius 2 is 2.24 bits per heavy atom. The van der Waals surface area contributed by atoms with E-state index >= 15 is 0 Å².